The lowest BCUT2D eigenvalue weighted by Gasteiger charge is -2.55. The van der Waals surface area contributed by atoms with Crippen molar-refractivity contribution in [2.24, 2.45) is 11.8 Å². The highest BCUT2D eigenvalue weighted by Gasteiger charge is 2.62. The molecule has 4 aliphatic heterocycles. The normalized spacial score (nSPS) is 29.1. The summed E-state index contributed by atoms with van der Waals surface area (Å²) < 4.78 is 20.6. The van der Waals surface area contributed by atoms with Gasteiger partial charge in [0.2, 0.25) is 0 Å². The van der Waals surface area contributed by atoms with E-state index in [-0.39, 0.29) is 11.8 Å². The molecule has 0 radical (unpaired) electrons. The third-order valence-electron chi connectivity index (χ3n) is 5.40. The van der Waals surface area contributed by atoms with E-state index in [1.807, 2.05) is 4.90 Å². The number of hydrogen-bond donors (Lipinski definition) is 0. The molecule has 1 spiro atoms. The van der Waals surface area contributed by atoms with E-state index in [1.54, 1.807) is 11.8 Å². The van der Waals surface area contributed by atoms with Crippen LogP contribution in [0.2, 0.25) is 0 Å². The zero-order valence-electron chi connectivity index (χ0n) is 15.4. The van der Waals surface area contributed by atoms with Crippen molar-refractivity contribution in [3.8, 4) is 0 Å². The largest absolute Gasteiger partial charge is 0.404 e. The zero-order valence-corrected chi connectivity index (χ0v) is 17.1. The second-order valence-electron chi connectivity index (χ2n) is 7.59. The van der Waals surface area contributed by atoms with Crippen LogP contribution in [0.4, 0.5) is 0 Å². The molecule has 5 heterocycles. The van der Waals surface area contributed by atoms with Crippen LogP contribution in [0.5, 0.6) is 0 Å². The lowest BCUT2D eigenvalue weighted by Crippen LogP contribution is -2.66. The maximum Gasteiger partial charge on any atom is 0.335 e. The smallest absolute Gasteiger partial charge is 0.335 e. The van der Waals surface area contributed by atoms with Crippen LogP contribution in [0.25, 0.3) is 0 Å². The summed E-state index contributed by atoms with van der Waals surface area (Å²) in [5.41, 5.74) is 0.797. The van der Waals surface area contributed by atoms with Crippen LogP contribution >= 0.6 is 23.5 Å². The molecular weight excluding hydrogens is 386 g/mol. The van der Waals surface area contributed by atoms with Gasteiger partial charge in [-0.1, -0.05) is 13.8 Å². The van der Waals surface area contributed by atoms with Gasteiger partial charge in [-0.3, -0.25) is 0 Å². The van der Waals surface area contributed by atoms with Crippen molar-refractivity contribution in [3.05, 3.63) is 17.8 Å². The molecule has 27 heavy (non-hydrogen) atoms. The molecule has 1 unspecified atom stereocenters. The number of aromatic nitrogens is 2. The Balaban J connectivity index is 1.69. The molecule has 0 aromatic carbocycles. The topological polar surface area (TPSA) is 81.6 Å². The minimum absolute atomic E-state index is 0.238. The Kier molecular flexibility index (Phi) is 5.26. The van der Waals surface area contributed by atoms with Crippen molar-refractivity contribution in [2.45, 2.75) is 50.0 Å². The summed E-state index contributed by atoms with van der Waals surface area (Å²) in [4.78, 5) is 26.4. The van der Waals surface area contributed by atoms with Gasteiger partial charge in [0.05, 0.1) is 11.7 Å². The van der Waals surface area contributed by atoms with Gasteiger partial charge in [-0.2, -0.15) is 8.75 Å². The number of ether oxygens (including phenoxy) is 2. The fraction of sp³-hybridized carbons (Fsp3) is 0.667. The van der Waals surface area contributed by atoms with E-state index in [4.69, 9.17) is 9.47 Å². The van der Waals surface area contributed by atoms with E-state index in [9.17, 15) is 9.59 Å². The first-order valence-electron chi connectivity index (χ1n) is 9.34. The van der Waals surface area contributed by atoms with Crippen LogP contribution in [-0.4, -0.2) is 50.3 Å². The Morgan fingerprint density at radius 1 is 1.22 bits per heavy atom. The van der Waals surface area contributed by atoms with Crippen LogP contribution in [0, 0.1) is 11.8 Å². The number of carbonyl (C=O) groups excluding carboxylic acids is 2. The average molecular weight is 410 g/mol. The minimum atomic E-state index is -1.41. The number of nitrogens with zero attached hydrogens (tertiary/aromatic N) is 3. The van der Waals surface area contributed by atoms with Gasteiger partial charge in [-0.05, 0) is 36.9 Å². The van der Waals surface area contributed by atoms with Crippen LogP contribution in [0.15, 0.2) is 17.2 Å². The Labute approximate surface area is 166 Å². The molecule has 1 aromatic heterocycles. The first-order chi connectivity index (χ1) is 13.0. The summed E-state index contributed by atoms with van der Waals surface area (Å²) in [5, 5.41) is 0.864. The molecule has 1 atom stereocenters. The number of thioether (sulfide) groups is 1. The summed E-state index contributed by atoms with van der Waals surface area (Å²) in [7, 11) is 0. The standard InChI is InChI=1S/C18H23N3O4S2/c1-11(2)7-10-26-17-16(19-27-20-17)15-12-5-8-21(9-6-12)18(15)24-13(22)3-4-14(23)25-18/h3-4,11-12,15H,5-10H2,1-2H3. The lowest BCUT2D eigenvalue weighted by atomic mass is 9.74. The van der Waals surface area contributed by atoms with E-state index < -0.39 is 17.8 Å². The molecule has 5 rings (SSSR count). The molecule has 0 amide bonds. The maximum absolute atomic E-state index is 12.2. The van der Waals surface area contributed by atoms with Crippen LogP contribution in [0.1, 0.15) is 44.7 Å². The molecule has 4 aliphatic rings. The lowest BCUT2D eigenvalue weighted by molar-refractivity contribution is -0.324. The molecule has 2 bridgehead atoms. The average Bonchev–Trinajstić information content (AvgIpc) is 3.02. The van der Waals surface area contributed by atoms with E-state index in [0.717, 1.165) is 72.7 Å². The summed E-state index contributed by atoms with van der Waals surface area (Å²) >= 11 is 2.84. The number of hydrogen-bond acceptors (Lipinski definition) is 9. The Morgan fingerprint density at radius 3 is 2.52 bits per heavy atom. The van der Waals surface area contributed by atoms with Gasteiger partial charge in [-0.15, -0.1) is 11.8 Å². The van der Waals surface area contributed by atoms with Crippen molar-refractivity contribution in [2.75, 3.05) is 18.8 Å². The predicted molar refractivity (Wildman–Crippen MR) is 101 cm³/mol. The van der Waals surface area contributed by atoms with Crippen LogP contribution < -0.4 is 0 Å². The van der Waals surface area contributed by atoms with Crippen molar-refractivity contribution in [1.82, 2.24) is 13.6 Å². The predicted octanol–water partition coefficient (Wildman–Crippen LogP) is 2.80. The van der Waals surface area contributed by atoms with Crippen molar-refractivity contribution in [1.29, 1.82) is 0 Å². The summed E-state index contributed by atoms with van der Waals surface area (Å²) in [6.07, 6.45) is 5.27. The van der Waals surface area contributed by atoms with Crippen LogP contribution in [0.3, 0.4) is 0 Å². The van der Waals surface area contributed by atoms with Gasteiger partial charge in [0, 0.05) is 25.2 Å². The first kappa shape index (κ1) is 18.9. The highest BCUT2D eigenvalue weighted by atomic mass is 32.2. The third kappa shape index (κ3) is 3.52. The fourth-order valence-electron chi connectivity index (χ4n) is 4.07. The molecule has 146 valence electrons. The van der Waals surface area contributed by atoms with Crippen molar-refractivity contribution < 1.29 is 19.1 Å². The summed E-state index contributed by atoms with van der Waals surface area (Å²) in [5.74, 6) is -1.04. The maximum atomic E-state index is 12.2. The van der Waals surface area contributed by atoms with E-state index in [1.165, 1.54) is 0 Å². The molecule has 0 N–H and O–H groups in total. The number of piperidine rings is 3. The van der Waals surface area contributed by atoms with Gasteiger partial charge >= 0.3 is 17.8 Å². The monoisotopic (exact) mass is 409 g/mol. The van der Waals surface area contributed by atoms with Gasteiger partial charge < -0.3 is 9.47 Å². The first-order valence-corrected chi connectivity index (χ1v) is 11.1. The molecule has 3 fully saturated rings. The van der Waals surface area contributed by atoms with E-state index in [0.29, 0.717) is 5.92 Å². The number of esters is 2. The molecule has 0 aliphatic carbocycles. The number of fused-ring (bicyclic) bond motifs is 2. The second-order valence-corrected chi connectivity index (χ2v) is 9.21. The minimum Gasteiger partial charge on any atom is -0.404 e. The van der Waals surface area contributed by atoms with Gasteiger partial charge in [-0.25, -0.2) is 14.5 Å². The second kappa shape index (κ2) is 7.52. The highest BCUT2D eigenvalue weighted by molar-refractivity contribution is 7.99. The highest BCUT2D eigenvalue weighted by Crippen LogP contribution is 2.52. The molecule has 9 heteroatoms. The van der Waals surface area contributed by atoms with Crippen molar-refractivity contribution >= 4 is 35.4 Å². The Morgan fingerprint density at radius 2 is 1.89 bits per heavy atom. The number of rotatable bonds is 5. The van der Waals surface area contributed by atoms with E-state index >= 15 is 0 Å². The quantitative estimate of drug-likeness (QED) is 0.542. The summed E-state index contributed by atoms with van der Waals surface area (Å²) in [6.45, 7) is 5.85. The van der Waals surface area contributed by atoms with E-state index in [2.05, 4.69) is 22.6 Å². The number of carbonyl (C=O) groups is 2. The fourth-order valence-corrected chi connectivity index (χ4v) is 6.04. The third-order valence-corrected chi connectivity index (χ3v) is 7.08. The van der Waals surface area contributed by atoms with Gasteiger partial charge in [0.25, 0.3) is 0 Å². The Bertz CT molecular complexity index is 736. The molecule has 3 saturated heterocycles. The molecular formula is C18H23N3O4S2. The summed E-state index contributed by atoms with van der Waals surface area (Å²) in [6, 6.07) is 0. The SMILES string of the molecule is CC(C)CCSc1nsnc1C1C2CCN(CC2)C12OC(=O)C=CC(=O)O2. The Hall–Kier alpha value is -1.45. The van der Waals surface area contributed by atoms with Gasteiger partial charge in [0.15, 0.2) is 0 Å². The van der Waals surface area contributed by atoms with Crippen LogP contribution in [-0.2, 0) is 19.1 Å². The zero-order chi connectivity index (χ0) is 19.0. The van der Waals surface area contributed by atoms with Gasteiger partial charge in [0.1, 0.15) is 16.6 Å². The molecule has 0 saturated carbocycles. The van der Waals surface area contributed by atoms with Crippen molar-refractivity contribution in [3.63, 3.8) is 0 Å². The molecule has 1 aromatic rings. The molecule has 7 nitrogen and oxygen atoms in total.